The van der Waals surface area contributed by atoms with E-state index in [1.807, 2.05) is 6.92 Å². The third-order valence-corrected chi connectivity index (χ3v) is 3.96. The first-order valence-electron chi connectivity index (χ1n) is 7.74. The number of benzene rings is 1. The smallest absolute Gasteiger partial charge is 0.353 e. The number of carbonyl (C=O) groups is 2. The molecule has 1 aliphatic rings. The summed E-state index contributed by atoms with van der Waals surface area (Å²) in [6, 6.07) is 4.89. The molecule has 0 bridgehead atoms. The second-order valence-electron chi connectivity index (χ2n) is 5.82. The molecule has 1 aliphatic heterocycles. The quantitative estimate of drug-likeness (QED) is 0.882. The predicted molar refractivity (Wildman–Crippen MR) is 82.5 cm³/mol. The van der Waals surface area contributed by atoms with Gasteiger partial charge in [0.25, 0.3) is 0 Å². The largest absolute Gasteiger partial charge is 0.416 e. The molecule has 3 amide bonds. The summed E-state index contributed by atoms with van der Waals surface area (Å²) in [6.07, 6.45) is -3.86. The molecule has 5 nitrogen and oxygen atoms in total. The van der Waals surface area contributed by atoms with E-state index < -0.39 is 11.7 Å². The highest BCUT2D eigenvalue weighted by molar-refractivity contribution is 5.85. The number of piperazine rings is 1. The first-order chi connectivity index (χ1) is 11.3. The molecule has 0 saturated carbocycles. The average molecular weight is 343 g/mol. The topological polar surface area (TPSA) is 61.4 Å². The van der Waals surface area contributed by atoms with Crippen LogP contribution in [0.15, 0.2) is 24.3 Å². The highest BCUT2D eigenvalue weighted by atomic mass is 19.4. The summed E-state index contributed by atoms with van der Waals surface area (Å²) < 4.78 is 38.2. The van der Waals surface area contributed by atoms with Crippen LogP contribution < -0.4 is 10.6 Å². The minimum absolute atomic E-state index is 0.0228. The fourth-order valence-electron chi connectivity index (χ4n) is 2.51. The molecule has 0 unspecified atom stereocenters. The Hall–Kier alpha value is -2.25. The van der Waals surface area contributed by atoms with E-state index in [9.17, 15) is 22.8 Å². The van der Waals surface area contributed by atoms with Crippen LogP contribution in [0.4, 0.5) is 18.0 Å². The fourth-order valence-corrected chi connectivity index (χ4v) is 2.51. The van der Waals surface area contributed by atoms with Crippen LogP contribution in [-0.4, -0.2) is 43.0 Å². The number of carbonyl (C=O) groups excluding carboxylic acids is 2. The molecule has 2 rings (SSSR count). The van der Waals surface area contributed by atoms with Crippen LogP contribution in [0.3, 0.4) is 0 Å². The van der Waals surface area contributed by atoms with Crippen LogP contribution >= 0.6 is 0 Å². The van der Waals surface area contributed by atoms with Crippen molar-refractivity contribution in [1.82, 2.24) is 15.5 Å². The van der Waals surface area contributed by atoms with Crippen LogP contribution in [0.25, 0.3) is 0 Å². The average Bonchev–Trinajstić information content (AvgIpc) is 2.54. The number of alkyl halides is 3. The van der Waals surface area contributed by atoms with Crippen molar-refractivity contribution in [2.45, 2.75) is 25.4 Å². The van der Waals surface area contributed by atoms with Crippen molar-refractivity contribution >= 4 is 11.9 Å². The van der Waals surface area contributed by atoms with Crippen molar-refractivity contribution < 1.29 is 22.8 Å². The molecule has 8 heteroatoms. The van der Waals surface area contributed by atoms with E-state index in [1.165, 1.54) is 11.0 Å². The van der Waals surface area contributed by atoms with Gasteiger partial charge in [0.1, 0.15) is 6.54 Å². The number of amides is 3. The highest BCUT2D eigenvalue weighted by Gasteiger charge is 2.30. The summed E-state index contributed by atoms with van der Waals surface area (Å²) in [5, 5.41) is 5.33. The second-order valence-corrected chi connectivity index (χ2v) is 5.82. The van der Waals surface area contributed by atoms with Gasteiger partial charge < -0.3 is 15.5 Å². The Morgan fingerprint density at radius 1 is 1.42 bits per heavy atom. The standard InChI is InChI=1S/C16H20F3N3O2/c1-11(12-3-2-4-13(9-12)16(17,18)19)5-6-21-15(24)22-8-7-20-14(23)10-22/h2-4,9,11H,5-8,10H2,1H3,(H,20,23)(H,21,24)/t11-/m0/s1. The molecule has 0 aliphatic carbocycles. The maximum absolute atomic E-state index is 12.7. The van der Waals surface area contributed by atoms with Crippen LogP contribution in [0.5, 0.6) is 0 Å². The molecule has 1 aromatic carbocycles. The summed E-state index contributed by atoms with van der Waals surface area (Å²) in [4.78, 5) is 24.6. The van der Waals surface area contributed by atoms with E-state index in [1.54, 1.807) is 6.07 Å². The van der Waals surface area contributed by atoms with E-state index in [-0.39, 0.29) is 24.4 Å². The lowest BCUT2D eigenvalue weighted by Crippen LogP contribution is -2.53. The lowest BCUT2D eigenvalue weighted by Gasteiger charge is -2.27. The molecule has 132 valence electrons. The van der Waals surface area contributed by atoms with Crippen molar-refractivity contribution in [2.24, 2.45) is 0 Å². The van der Waals surface area contributed by atoms with E-state index in [0.29, 0.717) is 31.6 Å². The summed E-state index contributed by atoms with van der Waals surface area (Å²) in [7, 11) is 0. The number of nitrogens with zero attached hydrogens (tertiary/aromatic N) is 1. The van der Waals surface area contributed by atoms with Gasteiger partial charge in [-0.05, 0) is 24.0 Å². The molecule has 2 N–H and O–H groups in total. The van der Waals surface area contributed by atoms with Gasteiger partial charge in [0.15, 0.2) is 0 Å². The second kappa shape index (κ2) is 7.55. The van der Waals surface area contributed by atoms with E-state index in [2.05, 4.69) is 10.6 Å². The van der Waals surface area contributed by atoms with Crippen molar-refractivity contribution in [3.05, 3.63) is 35.4 Å². The van der Waals surface area contributed by atoms with Gasteiger partial charge in [-0.15, -0.1) is 0 Å². The lowest BCUT2D eigenvalue weighted by atomic mass is 9.96. The lowest BCUT2D eigenvalue weighted by molar-refractivity contribution is -0.137. The first kappa shape index (κ1) is 18.1. The Morgan fingerprint density at radius 3 is 2.83 bits per heavy atom. The van der Waals surface area contributed by atoms with Gasteiger partial charge in [-0.2, -0.15) is 13.2 Å². The molecule has 1 saturated heterocycles. The number of hydrogen-bond acceptors (Lipinski definition) is 2. The molecule has 1 atom stereocenters. The van der Waals surface area contributed by atoms with Gasteiger partial charge in [0, 0.05) is 19.6 Å². The predicted octanol–water partition coefficient (Wildman–Crippen LogP) is 2.34. The SMILES string of the molecule is C[C@@H](CCNC(=O)N1CCNC(=O)C1)c1cccc(C(F)(F)F)c1. The summed E-state index contributed by atoms with van der Waals surface area (Å²) >= 11 is 0. The number of halogens is 3. The normalized spacial score (nSPS) is 16.5. The molecule has 0 spiro atoms. The summed E-state index contributed by atoms with van der Waals surface area (Å²) in [5.41, 5.74) is -0.0911. The van der Waals surface area contributed by atoms with Crippen molar-refractivity contribution in [1.29, 1.82) is 0 Å². The Labute approximate surface area is 138 Å². The van der Waals surface area contributed by atoms with Crippen LogP contribution in [0.2, 0.25) is 0 Å². The molecule has 1 aromatic rings. The Morgan fingerprint density at radius 2 is 2.17 bits per heavy atom. The monoisotopic (exact) mass is 343 g/mol. The number of rotatable bonds is 4. The zero-order valence-electron chi connectivity index (χ0n) is 13.3. The van der Waals surface area contributed by atoms with Crippen LogP contribution in [-0.2, 0) is 11.0 Å². The molecule has 1 heterocycles. The van der Waals surface area contributed by atoms with Crippen LogP contribution in [0.1, 0.15) is 30.4 Å². The maximum atomic E-state index is 12.7. The summed E-state index contributed by atoms with van der Waals surface area (Å²) in [6.45, 7) is 3.03. The van der Waals surface area contributed by atoms with Gasteiger partial charge in [-0.1, -0.05) is 25.1 Å². The summed E-state index contributed by atoms with van der Waals surface area (Å²) in [5.74, 6) is -0.328. The van der Waals surface area contributed by atoms with Gasteiger partial charge in [0.2, 0.25) is 5.91 Å². The number of urea groups is 1. The maximum Gasteiger partial charge on any atom is 0.416 e. The van der Waals surface area contributed by atoms with E-state index >= 15 is 0 Å². The van der Waals surface area contributed by atoms with E-state index in [0.717, 1.165) is 12.1 Å². The van der Waals surface area contributed by atoms with Crippen LogP contribution in [0, 0.1) is 0 Å². The molecular weight excluding hydrogens is 323 g/mol. The van der Waals surface area contributed by atoms with Crippen molar-refractivity contribution in [2.75, 3.05) is 26.2 Å². The zero-order valence-corrected chi connectivity index (χ0v) is 13.3. The third-order valence-electron chi connectivity index (χ3n) is 3.96. The highest BCUT2D eigenvalue weighted by Crippen LogP contribution is 2.31. The number of nitrogens with one attached hydrogen (secondary N) is 2. The fraction of sp³-hybridized carbons (Fsp3) is 0.500. The molecule has 0 aromatic heterocycles. The molecule has 1 fully saturated rings. The molecule has 0 radical (unpaired) electrons. The Balaban J connectivity index is 1.84. The van der Waals surface area contributed by atoms with Gasteiger partial charge in [-0.25, -0.2) is 4.79 Å². The van der Waals surface area contributed by atoms with Gasteiger partial charge >= 0.3 is 12.2 Å². The van der Waals surface area contributed by atoms with Crippen molar-refractivity contribution in [3.63, 3.8) is 0 Å². The van der Waals surface area contributed by atoms with E-state index in [4.69, 9.17) is 0 Å². The molecule has 24 heavy (non-hydrogen) atoms. The Kier molecular flexibility index (Phi) is 5.69. The minimum atomic E-state index is -4.36. The third kappa shape index (κ3) is 4.87. The minimum Gasteiger partial charge on any atom is -0.353 e. The zero-order chi connectivity index (χ0) is 17.7. The first-order valence-corrected chi connectivity index (χ1v) is 7.74. The van der Waals surface area contributed by atoms with Crippen molar-refractivity contribution in [3.8, 4) is 0 Å². The van der Waals surface area contributed by atoms with Gasteiger partial charge in [-0.3, -0.25) is 4.79 Å². The number of hydrogen-bond donors (Lipinski definition) is 2. The Bertz CT molecular complexity index is 604. The van der Waals surface area contributed by atoms with Gasteiger partial charge in [0.05, 0.1) is 5.56 Å². The molecular formula is C16H20F3N3O2.